The molecule has 1 N–H and O–H groups in total. The molecule has 0 saturated carbocycles. The molecule has 19 heavy (non-hydrogen) atoms. The Hall–Kier alpha value is -1.51. The number of hydrogen-bond acceptors (Lipinski definition) is 2. The highest BCUT2D eigenvalue weighted by Gasteiger charge is 2.14. The van der Waals surface area contributed by atoms with Gasteiger partial charge in [-0.15, -0.1) is 0 Å². The molecule has 0 aliphatic heterocycles. The van der Waals surface area contributed by atoms with E-state index < -0.39 is 6.10 Å². The van der Waals surface area contributed by atoms with Crippen LogP contribution >= 0.6 is 11.6 Å². The maximum Gasteiger partial charge on any atom is 0.119 e. The standard InChI is InChI=1S/C16H17ClO2/c1-3-19-13-9-7-12(8-10-13)16(18)14-5-4-6-15(17)11(14)2/h4-10,16,18H,3H2,1-2H3. The van der Waals surface area contributed by atoms with E-state index in [0.717, 1.165) is 22.4 Å². The van der Waals surface area contributed by atoms with Gasteiger partial charge >= 0.3 is 0 Å². The van der Waals surface area contributed by atoms with Gasteiger partial charge in [0.05, 0.1) is 6.61 Å². The summed E-state index contributed by atoms with van der Waals surface area (Å²) >= 11 is 6.08. The van der Waals surface area contributed by atoms with Crippen molar-refractivity contribution in [2.45, 2.75) is 20.0 Å². The molecule has 0 bridgehead atoms. The van der Waals surface area contributed by atoms with Crippen molar-refractivity contribution in [2.24, 2.45) is 0 Å². The molecule has 0 aliphatic rings. The smallest absolute Gasteiger partial charge is 0.119 e. The van der Waals surface area contributed by atoms with Crippen LogP contribution in [0.5, 0.6) is 5.75 Å². The Morgan fingerprint density at radius 3 is 2.47 bits per heavy atom. The minimum Gasteiger partial charge on any atom is -0.494 e. The lowest BCUT2D eigenvalue weighted by molar-refractivity contribution is 0.219. The largest absolute Gasteiger partial charge is 0.494 e. The van der Waals surface area contributed by atoms with Crippen LogP contribution in [0.3, 0.4) is 0 Å². The number of benzene rings is 2. The van der Waals surface area contributed by atoms with Crippen LogP contribution in [0.4, 0.5) is 0 Å². The third-order valence-electron chi connectivity index (χ3n) is 3.11. The van der Waals surface area contributed by atoms with Gasteiger partial charge in [-0.25, -0.2) is 0 Å². The van der Waals surface area contributed by atoms with Crippen LogP contribution in [0.15, 0.2) is 42.5 Å². The molecule has 2 nitrogen and oxygen atoms in total. The number of hydrogen-bond donors (Lipinski definition) is 1. The van der Waals surface area contributed by atoms with Crippen molar-refractivity contribution in [3.63, 3.8) is 0 Å². The summed E-state index contributed by atoms with van der Waals surface area (Å²) in [6.07, 6.45) is -0.672. The number of ether oxygens (including phenoxy) is 1. The molecular weight excluding hydrogens is 260 g/mol. The number of aliphatic hydroxyl groups is 1. The fraction of sp³-hybridized carbons (Fsp3) is 0.250. The van der Waals surface area contributed by atoms with Gasteiger partial charge in [-0.05, 0) is 48.7 Å². The molecule has 0 radical (unpaired) electrons. The zero-order chi connectivity index (χ0) is 13.8. The second-order valence-electron chi connectivity index (χ2n) is 4.36. The summed E-state index contributed by atoms with van der Waals surface area (Å²) in [7, 11) is 0. The van der Waals surface area contributed by atoms with Crippen molar-refractivity contribution in [3.05, 3.63) is 64.2 Å². The van der Waals surface area contributed by atoms with E-state index >= 15 is 0 Å². The highest BCUT2D eigenvalue weighted by Crippen LogP contribution is 2.29. The van der Waals surface area contributed by atoms with E-state index in [4.69, 9.17) is 16.3 Å². The lowest BCUT2D eigenvalue weighted by Gasteiger charge is -2.15. The predicted octanol–water partition coefficient (Wildman–Crippen LogP) is 4.13. The first-order valence-electron chi connectivity index (χ1n) is 6.29. The summed E-state index contributed by atoms with van der Waals surface area (Å²) in [6.45, 7) is 4.49. The van der Waals surface area contributed by atoms with Crippen LogP contribution in [0, 0.1) is 6.92 Å². The van der Waals surface area contributed by atoms with E-state index in [1.807, 2.05) is 56.3 Å². The average molecular weight is 277 g/mol. The summed E-state index contributed by atoms with van der Waals surface area (Å²) in [6, 6.07) is 13.0. The second-order valence-corrected chi connectivity index (χ2v) is 4.77. The fourth-order valence-electron chi connectivity index (χ4n) is 2.01. The van der Waals surface area contributed by atoms with Crippen molar-refractivity contribution in [1.29, 1.82) is 0 Å². The summed E-state index contributed by atoms with van der Waals surface area (Å²) in [4.78, 5) is 0. The Bertz CT molecular complexity index is 549. The molecule has 100 valence electrons. The third kappa shape index (κ3) is 3.09. The first-order chi connectivity index (χ1) is 9.13. The lowest BCUT2D eigenvalue weighted by Crippen LogP contribution is -2.02. The Balaban J connectivity index is 2.28. The van der Waals surface area contributed by atoms with Crippen LogP contribution in [0.2, 0.25) is 5.02 Å². The zero-order valence-corrected chi connectivity index (χ0v) is 11.8. The molecule has 0 saturated heterocycles. The summed E-state index contributed by atoms with van der Waals surface area (Å²) in [5.41, 5.74) is 2.57. The SMILES string of the molecule is CCOc1ccc(C(O)c2cccc(Cl)c2C)cc1. The van der Waals surface area contributed by atoms with Crippen molar-refractivity contribution < 1.29 is 9.84 Å². The van der Waals surface area contributed by atoms with E-state index in [1.54, 1.807) is 0 Å². The van der Waals surface area contributed by atoms with Crippen LogP contribution in [-0.4, -0.2) is 11.7 Å². The van der Waals surface area contributed by atoms with E-state index in [-0.39, 0.29) is 0 Å². The summed E-state index contributed by atoms with van der Waals surface area (Å²) in [5, 5.41) is 11.1. The van der Waals surface area contributed by atoms with Crippen LogP contribution in [0.25, 0.3) is 0 Å². The van der Waals surface area contributed by atoms with Gasteiger partial charge < -0.3 is 9.84 Å². The normalized spacial score (nSPS) is 12.2. The van der Waals surface area contributed by atoms with E-state index in [1.165, 1.54) is 0 Å². The third-order valence-corrected chi connectivity index (χ3v) is 3.52. The average Bonchev–Trinajstić information content (AvgIpc) is 2.42. The number of rotatable bonds is 4. The maximum atomic E-state index is 10.4. The topological polar surface area (TPSA) is 29.5 Å². The molecule has 2 rings (SSSR count). The Kier molecular flexibility index (Phi) is 4.46. The van der Waals surface area contributed by atoms with E-state index in [2.05, 4.69) is 0 Å². The first-order valence-corrected chi connectivity index (χ1v) is 6.67. The minimum atomic E-state index is -0.672. The van der Waals surface area contributed by atoms with Gasteiger partial charge in [0.1, 0.15) is 11.9 Å². The van der Waals surface area contributed by atoms with Crippen LogP contribution < -0.4 is 4.74 Å². The van der Waals surface area contributed by atoms with Crippen molar-refractivity contribution in [3.8, 4) is 5.75 Å². The van der Waals surface area contributed by atoms with Gasteiger partial charge in [0.15, 0.2) is 0 Å². The Morgan fingerprint density at radius 1 is 1.16 bits per heavy atom. The minimum absolute atomic E-state index is 0.634. The molecule has 1 atom stereocenters. The van der Waals surface area contributed by atoms with Crippen molar-refractivity contribution >= 4 is 11.6 Å². The number of aliphatic hydroxyl groups excluding tert-OH is 1. The van der Waals surface area contributed by atoms with E-state index in [0.29, 0.717) is 11.6 Å². The monoisotopic (exact) mass is 276 g/mol. The zero-order valence-electron chi connectivity index (χ0n) is 11.1. The second kappa shape index (κ2) is 6.09. The van der Waals surface area contributed by atoms with Gasteiger partial charge in [0.2, 0.25) is 0 Å². The summed E-state index contributed by atoms with van der Waals surface area (Å²) < 4.78 is 5.39. The lowest BCUT2D eigenvalue weighted by atomic mass is 9.97. The van der Waals surface area contributed by atoms with Gasteiger partial charge in [-0.1, -0.05) is 35.9 Å². The quantitative estimate of drug-likeness (QED) is 0.910. The van der Waals surface area contributed by atoms with Crippen molar-refractivity contribution in [1.82, 2.24) is 0 Å². The molecule has 0 aromatic heterocycles. The molecule has 0 aliphatic carbocycles. The Morgan fingerprint density at radius 2 is 1.84 bits per heavy atom. The molecule has 0 heterocycles. The van der Waals surface area contributed by atoms with Gasteiger partial charge in [0, 0.05) is 5.02 Å². The van der Waals surface area contributed by atoms with Gasteiger partial charge in [0.25, 0.3) is 0 Å². The first kappa shape index (κ1) is 13.9. The molecule has 0 spiro atoms. The van der Waals surface area contributed by atoms with Gasteiger partial charge in [-0.2, -0.15) is 0 Å². The highest BCUT2D eigenvalue weighted by molar-refractivity contribution is 6.31. The molecular formula is C16H17ClO2. The number of halogens is 1. The summed E-state index contributed by atoms with van der Waals surface area (Å²) in [5.74, 6) is 0.807. The van der Waals surface area contributed by atoms with E-state index in [9.17, 15) is 5.11 Å². The predicted molar refractivity (Wildman–Crippen MR) is 77.9 cm³/mol. The molecule has 1 unspecified atom stereocenters. The molecule has 0 fully saturated rings. The molecule has 0 amide bonds. The Labute approximate surface area is 118 Å². The van der Waals surface area contributed by atoms with Crippen LogP contribution in [0.1, 0.15) is 29.7 Å². The van der Waals surface area contributed by atoms with Crippen LogP contribution in [-0.2, 0) is 0 Å². The van der Waals surface area contributed by atoms with Gasteiger partial charge in [-0.3, -0.25) is 0 Å². The van der Waals surface area contributed by atoms with Crippen molar-refractivity contribution in [2.75, 3.05) is 6.61 Å². The molecule has 2 aromatic rings. The molecule has 2 aromatic carbocycles. The fourth-order valence-corrected chi connectivity index (χ4v) is 2.19. The maximum absolute atomic E-state index is 10.4. The molecule has 3 heteroatoms. The highest BCUT2D eigenvalue weighted by atomic mass is 35.5.